The highest BCUT2D eigenvalue weighted by atomic mass is 79.9. The molecule has 2 aromatic carbocycles. The summed E-state index contributed by atoms with van der Waals surface area (Å²) in [5.74, 6) is -0.536. The van der Waals surface area contributed by atoms with Crippen LogP contribution >= 0.6 is 15.9 Å². The fraction of sp³-hybridized carbons (Fsp3) is 0.350. The predicted molar refractivity (Wildman–Crippen MR) is 115 cm³/mol. The number of anilines is 1. The third-order valence-electron chi connectivity index (χ3n) is 4.88. The van der Waals surface area contributed by atoms with Crippen molar-refractivity contribution in [3.05, 3.63) is 64.4 Å². The van der Waals surface area contributed by atoms with E-state index >= 15 is 0 Å². The minimum Gasteiger partial charge on any atom is -0.366 e. The molecular formula is C20H23BrFN3O3S. The lowest BCUT2D eigenvalue weighted by Gasteiger charge is -2.37. The summed E-state index contributed by atoms with van der Waals surface area (Å²) in [6.45, 7) is 1.75. The van der Waals surface area contributed by atoms with E-state index in [1.54, 1.807) is 23.1 Å². The third-order valence-corrected chi connectivity index (χ3v) is 6.60. The van der Waals surface area contributed by atoms with Gasteiger partial charge in [0.05, 0.1) is 18.5 Å². The van der Waals surface area contributed by atoms with Crippen molar-refractivity contribution in [2.24, 2.45) is 0 Å². The molecule has 0 spiro atoms. The highest BCUT2D eigenvalue weighted by Gasteiger charge is 2.27. The quantitative estimate of drug-likeness (QED) is 0.633. The lowest BCUT2D eigenvalue weighted by Crippen LogP contribution is -2.51. The van der Waals surface area contributed by atoms with Crippen molar-refractivity contribution in [2.45, 2.75) is 6.54 Å². The van der Waals surface area contributed by atoms with Crippen LogP contribution in [0.25, 0.3) is 0 Å². The Labute approximate surface area is 179 Å². The average Bonchev–Trinajstić information content (AvgIpc) is 2.69. The topological polar surface area (TPSA) is 60.9 Å². The molecule has 9 heteroatoms. The van der Waals surface area contributed by atoms with Crippen LogP contribution in [-0.4, -0.2) is 62.5 Å². The maximum absolute atomic E-state index is 14.0. The molecule has 1 amide bonds. The van der Waals surface area contributed by atoms with E-state index in [9.17, 15) is 17.6 Å². The van der Waals surface area contributed by atoms with Gasteiger partial charge in [0.25, 0.3) is 0 Å². The van der Waals surface area contributed by atoms with E-state index in [0.29, 0.717) is 31.9 Å². The van der Waals surface area contributed by atoms with Crippen LogP contribution in [0.4, 0.5) is 10.1 Å². The molecule has 0 saturated carbocycles. The fourth-order valence-electron chi connectivity index (χ4n) is 3.24. The van der Waals surface area contributed by atoms with Gasteiger partial charge in [-0.3, -0.25) is 4.79 Å². The molecule has 29 heavy (non-hydrogen) atoms. The number of carbonyl (C=O) groups excluding carboxylic acids is 1. The molecule has 0 radical (unpaired) electrons. The Balaban J connectivity index is 1.62. The highest BCUT2D eigenvalue weighted by molar-refractivity contribution is 9.10. The zero-order chi connectivity index (χ0) is 21.0. The Hall–Kier alpha value is -1.97. The molecule has 156 valence electrons. The second kappa shape index (κ2) is 9.23. The highest BCUT2D eigenvalue weighted by Crippen LogP contribution is 2.20. The SMILES string of the molecule is CS(=O)(=O)N(CC(=O)N1CCN(c2ccccc2F)CC1)Cc1ccc(Br)cc1. The van der Waals surface area contributed by atoms with Gasteiger partial charge in [-0.2, -0.15) is 4.31 Å². The summed E-state index contributed by atoms with van der Waals surface area (Å²) in [4.78, 5) is 16.3. The van der Waals surface area contributed by atoms with Crippen molar-refractivity contribution >= 4 is 37.5 Å². The maximum Gasteiger partial charge on any atom is 0.238 e. The van der Waals surface area contributed by atoms with E-state index in [2.05, 4.69) is 15.9 Å². The first kappa shape index (κ1) is 21.7. The maximum atomic E-state index is 14.0. The van der Waals surface area contributed by atoms with Crippen molar-refractivity contribution in [3.63, 3.8) is 0 Å². The van der Waals surface area contributed by atoms with Crippen molar-refractivity contribution in [1.29, 1.82) is 0 Å². The molecule has 2 aromatic rings. The van der Waals surface area contributed by atoms with E-state index in [0.717, 1.165) is 16.3 Å². The second-order valence-electron chi connectivity index (χ2n) is 6.98. The standard InChI is InChI=1S/C20H23BrFN3O3S/c1-29(27,28)25(14-16-6-8-17(21)9-7-16)15-20(26)24-12-10-23(11-13-24)19-5-3-2-4-18(19)22/h2-9H,10-15H2,1H3. The zero-order valence-corrected chi connectivity index (χ0v) is 18.5. The molecule has 1 aliphatic rings. The first-order valence-electron chi connectivity index (χ1n) is 9.21. The number of piperazine rings is 1. The van der Waals surface area contributed by atoms with Gasteiger partial charge in [-0.15, -0.1) is 0 Å². The molecule has 1 aliphatic heterocycles. The van der Waals surface area contributed by atoms with Crippen LogP contribution in [0.5, 0.6) is 0 Å². The largest absolute Gasteiger partial charge is 0.366 e. The van der Waals surface area contributed by atoms with Gasteiger partial charge >= 0.3 is 0 Å². The molecule has 1 saturated heterocycles. The Morgan fingerprint density at radius 3 is 2.28 bits per heavy atom. The van der Waals surface area contributed by atoms with Gasteiger partial charge in [-0.05, 0) is 29.8 Å². The number of sulfonamides is 1. The van der Waals surface area contributed by atoms with Gasteiger partial charge in [0.2, 0.25) is 15.9 Å². The monoisotopic (exact) mass is 483 g/mol. The molecule has 0 unspecified atom stereocenters. The molecule has 1 heterocycles. The lowest BCUT2D eigenvalue weighted by molar-refractivity contribution is -0.131. The van der Waals surface area contributed by atoms with Crippen molar-refractivity contribution in [3.8, 4) is 0 Å². The van der Waals surface area contributed by atoms with Crippen molar-refractivity contribution in [2.75, 3.05) is 43.9 Å². The molecule has 0 bridgehead atoms. The van der Waals surface area contributed by atoms with Gasteiger partial charge in [0.1, 0.15) is 5.82 Å². The predicted octanol–water partition coefficient (Wildman–Crippen LogP) is 2.70. The van der Waals surface area contributed by atoms with Crippen LogP contribution < -0.4 is 4.90 Å². The van der Waals surface area contributed by atoms with E-state index < -0.39 is 10.0 Å². The second-order valence-corrected chi connectivity index (χ2v) is 9.87. The summed E-state index contributed by atoms with van der Waals surface area (Å²) in [5.41, 5.74) is 1.32. The van der Waals surface area contributed by atoms with Crippen molar-refractivity contribution in [1.82, 2.24) is 9.21 Å². The average molecular weight is 484 g/mol. The van der Waals surface area contributed by atoms with Gasteiger partial charge in [-0.1, -0.05) is 40.2 Å². The van der Waals surface area contributed by atoms with Crippen molar-refractivity contribution < 1.29 is 17.6 Å². The van der Waals surface area contributed by atoms with Crippen LogP contribution in [0.2, 0.25) is 0 Å². The van der Waals surface area contributed by atoms with Gasteiger partial charge in [0.15, 0.2) is 0 Å². The van der Waals surface area contributed by atoms with E-state index in [4.69, 9.17) is 0 Å². The van der Waals surface area contributed by atoms with E-state index in [-0.39, 0.29) is 24.8 Å². The summed E-state index contributed by atoms with van der Waals surface area (Å²) >= 11 is 3.35. The molecule has 0 atom stereocenters. The first-order valence-corrected chi connectivity index (χ1v) is 11.8. The number of benzene rings is 2. The van der Waals surface area contributed by atoms with Crippen LogP contribution in [0.3, 0.4) is 0 Å². The van der Waals surface area contributed by atoms with Gasteiger partial charge < -0.3 is 9.80 Å². The van der Waals surface area contributed by atoms with Crippen LogP contribution in [0.15, 0.2) is 53.0 Å². The molecule has 1 fully saturated rings. The van der Waals surface area contributed by atoms with E-state index in [1.807, 2.05) is 29.2 Å². The zero-order valence-electron chi connectivity index (χ0n) is 16.1. The minimum absolute atomic E-state index is 0.132. The van der Waals surface area contributed by atoms with Crippen LogP contribution in [0.1, 0.15) is 5.56 Å². The van der Waals surface area contributed by atoms with Crippen LogP contribution in [-0.2, 0) is 21.4 Å². The Bertz CT molecular complexity index is 961. The number of hydrogen-bond acceptors (Lipinski definition) is 4. The molecule has 3 rings (SSSR count). The number of nitrogens with zero attached hydrogens (tertiary/aromatic N) is 3. The summed E-state index contributed by atoms with van der Waals surface area (Å²) in [6, 6.07) is 13.9. The molecule has 6 nitrogen and oxygen atoms in total. The molecule has 0 N–H and O–H groups in total. The summed E-state index contributed by atoms with van der Waals surface area (Å²) in [6.07, 6.45) is 1.11. The summed E-state index contributed by atoms with van der Waals surface area (Å²) in [7, 11) is -3.55. The molecule has 0 aliphatic carbocycles. The van der Waals surface area contributed by atoms with Crippen LogP contribution in [0, 0.1) is 5.82 Å². The number of halogens is 2. The van der Waals surface area contributed by atoms with Gasteiger partial charge in [0, 0.05) is 37.2 Å². The Kier molecular flexibility index (Phi) is 6.92. The molecular weight excluding hydrogens is 461 g/mol. The number of para-hydroxylation sites is 1. The fourth-order valence-corrected chi connectivity index (χ4v) is 4.23. The summed E-state index contributed by atoms with van der Waals surface area (Å²) in [5, 5.41) is 0. The smallest absolute Gasteiger partial charge is 0.238 e. The molecule has 0 aromatic heterocycles. The lowest BCUT2D eigenvalue weighted by atomic mass is 10.2. The number of amides is 1. The normalized spacial score (nSPS) is 15.0. The minimum atomic E-state index is -3.55. The summed E-state index contributed by atoms with van der Waals surface area (Å²) < 4.78 is 40.4. The number of hydrogen-bond donors (Lipinski definition) is 0. The Morgan fingerprint density at radius 1 is 1.07 bits per heavy atom. The number of carbonyl (C=O) groups is 1. The first-order chi connectivity index (χ1) is 13.7. The third kappa shape index (κ3) is 5.77. The van der Waals surface area contributed by atoms with Gasteiger partial charge in [-0.25, -0.2) is 12.8 Å². The Morgan fingerprint density at radius 2 is 1.69 bits per heavy atom. The van der Waals surface area contributed by atoms with E-state index in [1.165, 1.54) is 10.4 Å². The number of rotatable bonds is 6.